The average molecular weight is 385 g/mol. The molecule has 6 rings (SSSR count). The number of hydrogen-bond donors (Lipinski definition) is 0. The molecule has 0 atom stereocenters. The second-order valence-corrected chi connectivity index (χ2v) is 7.23. The molecular formula is C22H15N3O4. The van der Waals surface area contributed by atoms with E-state index in [-0.39, 0.29) is 25.2 Å². The molecule has 7 heteroatoms. The molecule has 0 fully saturated rings. The summed E-state index contributed by atoms with van der Waals surface area (Å²) in [6, 6.07) is 15.1. The number of amides is 1. The molecule has 0 aliphatic carbocycles. The van der Waals surface area contributed by atoms with Crippen LogP contribution < -0.4 is 9.47 Å². The lowest BCUT2D eigenvalue weighted by Gasteiger charge is -2.29. The summed E-state index contributed by atoms with van der Waals surface area (Å²) < 4.78 is 12.4. The minimum Gasteiger partial charge on any atom is -0.454 e. The molecule has 0 aromatic heterocycles. The van der Waals surface area contributed by atoms with Crippen LogP contribution in [0.25, 0.3) is 33.4 Å². The first kappa shape index (κ1) is 16.1. The van der Waals surface area contributed by atoms with E-state index in [0.717, 1.165) is 22.0 Å². The summed E-state index contributed by atoms with van der Waals surface area (Å²) in [6.07, 6.45) is 0. The Morgan fingerprint density at radius 3 is 2.72 bits per heavy atom. The molecule has 142 valence electrons. The molecule has 0 saturated carbocycles. The molecule has 0 saturated heterocycles. The molecule has 29 heavy (non-hydrogen) atoms. The van der Waals surface area contributed by atoms with Gasteiger partial charge in [-0.3, -0.25) is 14.2 Å². The number of likely N-dealkylation sites (N-methyl/N-ethyl adjacent to an activating group) is 1. The third-order valence-electron chi connectivity index (χ3n) is 5.49. The van der Waals surface area contributed by atoms with Gasteiger partial charge in [0.1, 0.15) is 12.2 Å². The summed E-state index contributed by atoms with van der Waals surface area (Å²) in [7, 11) is 1.63. The summed E-state index contributed by atoms with van der Waals surface area (Å²) in [5.74, 6) is 0.890. The van der Waals surface area contributed by atoms with Gasteiger partial charge in [-0.2, -0.15) is 0 Å². The van der Waals surface area contributed by atoms with Gasteiger partial charge in [-0.15, -0.1) is 0 Å². The number of aromatic nitrogens is 2. The minimum atomic E-state index is -0.196. The van der Waals surface area contributed by atoms with E-state index in [1.807, 2.05) is 42.5 Å². The zero-order valence-corrected chi connectivity index (χ0v) is 15.5. The number of benzene rings is 2. The molecule has 4 aliphatic heterocycles. The van der Waals surface area contributed by atoms with Gasteiger partial charge < -0.3 is 14.4 Å². The van der Waals surface area contributed by atoms with E-state index >= 15 is 0 Å². The van der Waals surface area contributed by atoms with Gasteiger partial charge in [-0.1, -0.05) is 18.2 Å². The first-order chi connectivity index (χ1) is 14.1. The van der Waals surface area contributed by atoms with Gasteiger partial charge in [0.25, 0.3) is 11.8 Å². The molecule has 0 N–H and O–H groups in total. The summed E-state index contributed by atoms with van der Waals surface area (Å²) >= 11 is 0. The highest BCUT2D eigenvalue weighted by atomic mass is 16.7. The Morgan fingerprint density at radius 2 is 1.83 bits per heavy atom. The van der Waals surface area contributed by atoms with Crippen LogP contribution in [0.3, 0.4) is 0 Å². The Bertz CT molecular complexity index is 1320. The second-order valence-electron chi connectivity index (χ2n) is 7.23. The number of para-hydroxylation sites is 1. The van der Waals surface area contributed by atoms with Crippen molar-refractivity contribution >= 4 is 22.7 Å². The van der Waals surface area contributed by atoms with Crippen LogP contribution in [0.2, 0.25) is 0 Å². The van der Waals surface area contributed by atoms with Crippen LogP contribution in [0.4, 0.5) is 0 Å². The van der Waals surface area contributed by atoms with Crippen molar-refractivity contribution in [2.24, 2.45) is 0 Å². The van der Waals surface area contributed by atoms with Gasteiger partial charge in [0.2, 0.25) is 6.79 Å². The molecule has 4 aliphatic rings. The third-order valence-corrected chi connectivity index (χ3v) is 5.49. The van der Waals surface area contributed by atoms with E-state index in [9.17, 15) is 9.59 Å². The van der Waals surface area contributed by atoms with Crippen molar-refractivity contribution in [2.75, 3.05) is 20.4 Å². The van der Waals surface area contributed by atoms with Gasteiger partial charge in [0.15, 0.2) is 11.5 Å². The second kappa shape index (κ2) is 5.57. The zero-order chi connectivity index (χ0) is 19.7. The Kier molecular flexibility index (Phi) is 3.10. The van der Waals surface area contributed by atoms with Crippen LogP contribution in [-0.2, 0) is 0 Å². The Balaban J connectivity index is 1.75. The largest absolute Gasteiger partial charge is 0.454 e. The molecule has 7 nitrogen and oxygen atoms in total. The molecule has 4 heterocycles. The van der Waals surface area contributed by atoms with Crippen LogP contribution in [0.15, 0.2) is 48.5 Å². The Labute approximate surface area is 165 Å². The van der Waals surface area contributed by atoms with Crippen LogP contribution in [0, 0.1) is 0 Å². The molecule has 2 aromatic carbocycles. The first-order valence-corrected chi connectivity index (χ1v) is 9.25. The summed E-state index contributed by atoms with van der Waals surface area (Å²) in [4.78, 5) is 32.2. The van der Waals surface area contributed by atoms with Crippen LogP contribution in [0.5, 0.6) is 11.5 Å². The predicted molar refractivity (Wildman–Crippen MR) is 106 cm³/mol. The lowest BCUT2D eigenvalue weighted by Crippen LogP contribution is -2.43. The quantitative estimate of drug-likeness (QED) is 0.503. The van der Waals surface area contributed by atoms with Crippen LogP contribution in [-0.4, -0.2) is 46.7 Å². The summed E-state index contributed by atoms with van der Waals surface area (Å²) in [5.41, 5.74) is 4.02. The van der Waals surface area contributed by atoms with E-state index in [4.69, 9.17) is 14.5 Å². The monoisotopic (exact) mass is 385 g/mol. The maximum atomic E-state index is 13.0. The van der Waals surface area contributed by atoms with E-state index in [0.29, 0.717) is 28.6 Å². The third kappa shape index (κ3) is 2.15. The standard InChI is InChI=1S/C22H15N3O4/c1-24-10-19(26)25-16(22(24)27)9-14-13-4-2-3-5-15(13)23-20(14)21(25)12-6-7-17-18(8-12)29-11-28-17/h2-9H,10-11H2,1H3. The van der Waals surface area contributed by atoms with Gasteiger partial charge in [0, 0.05) is 23.6 Å². The normalized spacial score (nSPS) is 15.4. The van der Waals surface area contributed by atoms with Gasteiger partial charge >= 0.3 is 0 Å². The number of fused-ring (bicyclic) bond motifs is 5. The van der Waals surface area contributed by atoms with Gasteiger partial charge in [-0.25, -0.2) is 4.98 Å². The fraction of sp³-hybridized carbons (Fsp3) is 0.136. The number of ether oxygens (including phenoxy) is 2. The topological polar surface area (TPSA) is 73.7 Å². The number of nitrogens with zero attached hydrogens (tertiary/aromatic N) is 3. The van der Waals surface area contributed by atoms with E-state index in [1.165, 1.54) is 9.47 Å². The van der Waals surface area contributed by atoms with E-state index < -0.39 is 0 Å². The van der Waals surface area contributed by atoms with Crippen molar-refractivity contribution in [1.82, 2.24) is 14.5 Å². The van der Waals surface area contributed by atoms with Crippen molar-refractivity contribution in [1.29, 1.82) is 0 Å². The molecular weight excluding hydrogens is 370 g/mol. The Hall–Kier alpha value is -3.87. The van der Waals surface area contributed by atoms with Gasteiger partial charge in [-0.05, 0) is 30.3 Å². The average Bonchev–Trinajstić information content (AvgIpc) is 3.34. The highest BCUT2D eigenvalue weighted by molar-refractivity contribution is 6.10. The lowest BCUT2D eigenvalue weighted by molar-refractivity contribution is 0.0657. The highest BCUT2D eigenvalue weighted by Gasteiger charge is 2.34. The maximum absolute atomic E-state index is 13.0. The summed E-state index contributed by atoms with van der Waals surface area (Å²) in [5, 5.41) is 0.946. The van der Waals surface area contributed by atoms with Crippen molar-refractivity contribution in [3.8, 4) is 34.0 Å². The molecule has 0 bridgehead atoms. The molecule has 1 amide bonds. The number of carbonyl (C=O) groups is 2. The van der Waals surface area contributed by atoms with Crippen molar-refractivity contribution in [3.05, 3.63) is 54.2 Å². The molecule has 0 unspecified atom stereocenters. The fourth-order valence-corrected chi connectivity index (χ4v) is 4.13. The number of carbonyl (C=O) groups excluding carboxylic acids is 2. The zero-order valence-electron chi connectivity index (χ0n) is 15.5. The molecule has 0 spiro atoms. The lowest BCUT2D eigenvalue weighted by atomic mass is 9.99. The first-order valence-electron chi connectivity index (χ1n) is 9.25. The van der Waals surface area contributed by atoms with Crippen LogP contribution in [0.1, 0.15) is 15.3 Å². The van der Waals surface area contributed by atoms with Gasteiger partial charge in [0.05, 0.1) is 16.9 Å². The van der Waals surface area contributed by atoms with Crippen LogP contribution >= 0.6 is 0 Å². The van der Waals surface area contributed by atoms with Crippen molar-refractivity contribution < 1.29 is 19.1 Å². The maximum Gasteiger partial charge on any atom is 0.271 e. The number of pyridine rings is 1. The fourth-order valence-electron chi connectivity index (χ4n) is 4.13. The van der Waals surface area contributed by atoms with E-state index in [1.54, 1.807) is 13.1 Å². The molecule has 0 radical (unpaired) electrons. The smallest absolute Gasteiger partial charge is 0.271 e. The Morgan fingerprint density at radius 1 is 1.00 bits per heavy atom. The SMILES string of the molecule is CN1CC(=O)n2c(cc3c4ccccc4nc-3c2-c2ccc3c(c2)OCO3)C1=O. The highest BCUT2D eigenvalue weighted by Crippen LogP contribution is 2.43. The van der Waals surface area contributed by atoms with Crippen molar-refractivity contribution in [3.63, 3.8) is 0 Å². The van der Waals surface area contributed by atoms with E-state index in [2.05, 4.69) is 0 Å². The van der Waals surface area contributed by atoms with Crippen molar-refractivity contribution in [2.45, 2.75) is 0 Å². The predicted octanol–water partition coefficient (Wildman–Crippen LogP) is 3.26. The minimum absolute atomic E-state index is 0.0137. The summed E-state index contributed by atoms with van der Waals surface area (Å²) in [6.45, 7) is 0.175. The number of rotatable bonds is 1. The molecule has 2 aromatic rings. The number of hydrogen-bond acceptors (Lipinski definition) is 5.